The summed E-state index contributed by atoms with van der Waals surface area (Å²) in [5.74, 6) is -0.813. The number of carbonyl (C=O) groups is 2. The first-order valence-corrected chi connectivity index (χ1v) is 17.9. The van der Waals surface area contributed by atoms with E-state index in [0.717, 1.165) is 46.7 Å². The van der Waals surface area contributed by atoms with Crippen LogP contribution < -0.4 is 9.62 Å². The van der Waals surface area contributed by atoms with E-state index in [-0.39, 0.29) is 29.8 Å². The Hall–Kier alpha value is -3.85. The fourth-order valence-corrected chi connectivity index (χ4v) is 7.57. The minimum absolute atomic E-state index is 0.0115. The molecule has 1 unspecified atom stereocenters. The number of hydrogen-bond donors (Lipinski definition) is 1. The number of aryl methyl sites for hydroxylation is 2. The van der Waals surface area contributed by atoms with Crippen molar-refractivity contribution in [1.82, 2.24) is 10.2 Å². The molecule has 47 heavy (non-hydrogen) atoms. The van der Waals surface area contributed by atoms with Gasteiger partial charge in [-0.05, 0) is 74.2 Å². The number of carbonyl (C=O) groups excluding carboxylic acids is 2. The summed E-state index contributed by atoms with van der Waals surface area (Å²) in [6.45, 7) is 3.27. The molecule has 0 radical (unpaired) electrons. The van der Waals surface area contributed by atoms with Crippen LogP contribution in [-0.4, -0.2) is 43.8 Å². The van der Waals surface area contributed by atoms with Crippen molar-refractivity contribution in [2.45, 2.75) is 69.5 Å². The highest BCUT2D eigenvalue weighted by atomic mass is 35.5. The lowest BCUT2D eigenvalue weighted by atomic mass is 10.0. The van der Waals surface area contributed by atoms with Crippen LogP contribution in [0.25, 0.3) is 0 Å². The minimum Gasteiger partial charge on any atom is -0.352 e. The van der Waals surface area contributed by atoms with Gasteiger partial charge in [-0.1, -0.05) is 108 Å². The average molecular weight is 693 g/mol. The van der Waals surface area contributed by atoms with E-state index in [1.807, 2.05) is 44.2 Å². The number of benzene rings is 4. The molecular formula is C37H39Cl2N3O4S. The summed E-state index contributed by atoms with van der Waals surface area (Å²) >= 11 is 12.6. The maximum atomic E-state index is 14.6. The van der Waals surface area contributed by atoms with Gasteiger partial charge in [-0.3, -0.25) is 13.9 Å². The predicted molar refractivity (Wildman–Crippen MR) is 188 cm³/mol. The average Bonchev–Trinajstić information content (AvgIpc) is 3.57. The van der Waals surface area contributed by atoms with Gasteiger partial charge in [0.2, 0.25) is 11.8 Å². The molecule has 1 aliphatic rings. The number of nitrogens with zero attached hydrogens (tertiary/aromatic N) is 2. The van der Waals surface area contributed by atoms with Gasteiger partial charge in [-0.15, -0.1) is 0 Å². The number of sulfonamides is 1. The fraction of sp³-hybridized carbons (Fsp3) is 0.297. The van der Waals surface area contributed by atoms with Crippen molar-refractivity contribution in [3.63, 3.8) is 0 Å². The van der Waals surface area contributed by atoms with E-state index in [0.29, 0.717) is 21.3 Å². The molecule has 0 spiro atoms. The van der Waals surface area contributed by atoms with Crippen molar-refractivity contribution in [3.8, 4) is 0 Å². The minimum atomic E-state index is -4.17. The van der Waals surface area contributed by atoms with Gasteiger partial charge >= 0.3 is 0 Å². The van der Waals surface area contributed by atoms with Gasteiger partial charge < -0.3 is 10.2 Å². The molecule has 0 aromatic heterocycles. The number of rotatable bonds is 12. The Labute approximate surface area is 287 Å². The van der Waals surface area contributed by atoms with Crippen LogP contribution in [0.4, 0.5) is 5.69 Å². The van der Waals surface area contributed by atoms with E-state index in [1.165, 1.54) is 17.0 Å². The molecule has 0 bridgehead atoms. The third kappa shape index (κ3) is 8.74. The summed E-state index contributed by atoms with van der Waals surface area (Å²) in [5, 5.41) is 3.86. The van der Waals surface area contributed by atoms with E-state index >= 15 is 0 Å². The molecule has 4 aromatic rings. The van der Waals surface area contributed by atoms with Crippen molar-refractivity contribution >= 4 is 50.7 Å². The van der Waals surface area contributed by atoms with Crippen molar-refractivity contribution in [1.29, 1.82) is 0 Å². The Kier molecular flexibility index (Phi) is 11.3. The topological polar surface area (TPSA) is 86.8 Å². The van der Waals surface area contributed by atoms with Crippen LogP contribution in [0.15, 0.2) is 102 Å². The molecule has 7 nitrogen and oxygen atoms in total. The van der Waals surface area contributed by atoms with E-state index in [1.54, 1.807) is 54.6 Å². The third-order valence-corrected chi connectivity index (χ3v) is 11.0. The molecule has 0 saturated heterocycles. The summed E-state index contributed by atoms with van der Waals surface area (Å²) in [6, 6.07) is 27.2. The monoisotopic (exact) mass is 691 g/mol. The summed E-state index contributed by atoms with van der Waals surface area (Å²) in [6.07, 6.45) is 4.05. The number of amides is 2. The van der Waals surface area contributed by atoms with Gasteiger partial charge in [0.25, 0.3) is 10.0 Å². The Morgan fingerprint density at radius 2 is 1.43 bits per heavy atom. The molecule has 1 atom stereocenters. The summed E-state index contributed by atoms with van der Waals surface area (Å²) in [4.78, 5) is 30.3. The zero-order chi connectivity index (χ0) is 33.6. The van der Waals surface area contributed by atoms with Gasteiger partial charge in [0.05, 0.1) is 20.6 Å². The normalized spacial score (nSPS) is 14.0. The zero-order valence-electron chi connectivity index (χ0n) is 26.5. The first-order valence-electron chi connectivity index (χ1n) is 15.7. The number of hydrogen-bond acceptors (Lipinski definition) is 4. The van der Waals surface area contributed by atoms with E-state index in [2.05, 4.69) is 5.32 Å². The molecule has 1 aliphatic carbocycles. The smallest absolute Gasteiger partial charge is 0.264 e. The lowest BCUT2D eigenvalue weighted by molar-refractivity contribution is -0.140. The standard InChI is InChI=1S/C37H39Cl2N3O4S/c1-26-12-17-31(18-13-26)42(47(45,46)32-19-14-27(2)15-20-32)25-36(43)41(24-29-16-21-33(38)34(39)22-29)35(23-28-8-4-3-5-9-28)37(44)40-30-10-6-7-11-30/h3-5,8-9,12-22,30,35H,6-7,10-11,23-25H2,1-2H3,(H,40,44). The first-order chi connectivity index (χ1) is 22.5. The fourth-order valence-electron chi connectivity index (χ4n) is 5.83. The number of halogens is 2. The maximum Gasteiger partial charge on any atom is 0.264 e. The van der Waals surface area contributed by atoms with Crippen molar-refractivity contribution < 1.29 is 18.0 Å². The van der Waals surface area contributed by atoms with Crippen LogP contribution >= 0.6 is 23.2 Å². The summed E-state index contributed by atoms with van der Waals surface area (Å²) < 4.78 is 29.5. The molecule has 4 aromatic carbocycles. The molecule has 1 fully saturated rings. The highest BCUT2D eigenvalue weighted by Crippen LogP contribution is 2.28. The Morgan fingerprint density at radius 3 is 2.04 bits per heavy atom. The SMILES string of the molecule is Cc1ccc(N(CC(=O)N(Cc2ccc(Cl)c(Cl)c2)C(Cc2ccccc2)C(=O)NC2CCCC2)S(=O)(=O)c2ccc(C)cc2)cc1. The molecule has 0 aliphatic heterocycles. The van der Waals surface area contributed by atoms with Crippen LogP contribution in [0.2, 0.25) is 10.0 Å². The Bertz CT molecular complexity index is 1790. The van der Waals surface area contributed by atoms with Gasteiger partial charge in [-0.2, -0.15) is 0 Å². The van der Waals surface area contributed by atoms with E-state index in [9.17, 15) is 18.0 Å². The molecular weight excluding hydrogens is 653 g/mol. The highest BCUT2D eigenvalue weighted by molar-refractivity contribution is 7.92. The highest BCUT2D eigenvalue weighted by Gasteiger charge is 2.35. The second kappa shape index (κ2) is 15.4. The molecule has 2 amide bonds. The van der Waals surface area contributed by atoms with Crippen LogP contribution in [0.5, 0.6) is 0 Å². The van der Waals surface area contributed by atoms with Gasteiger partial charge in [0, 0.05) is 19.0 Å². The second-order valence-corrected chi connectivity index (χ2v) is 14.8. The number of anilines is 1. The van der Waals surface area contributed by atoms with Crippen molar-refractivity contribution in [2.24, 2.45) is 0 Å². The zero-order valence-corrected chi connectivity index (χ0v) is 28.9. The van der Waals surface area contributed by atoms with Crippen LogP contribution in [-0.2, 0) is 32.6 Å². The Morgan fingerprint density at radius 1 is 0.809 bits per heavy atom. The van der Waals surface area contributed by atoms with Gasteiger partial charge in [-0.25, -0.2) is 8.42 Å². The largest absolute Gasteiger partial charge is 0.352 e. The third-order valence-electron chi connectivity index (χ3n) is 8.52. The summed E-state index contributed by atoms with van der Waals surface area (Å²) in [7, 11) is -4.17. The number of nitrogens with one attached hydrogen (secondary N) is 1. The lowest BCUT2D eigenvalue weighted by Gasteiger charge is -2.34. The van der Waals surface area contributed by atoms with Gasteiger partial charge in [0.1, 0.15) is 12.6 Å². The summed E-state index contributed by atoms with van der Waals surface area (Å²) in [5.41, 5.74) is 3.72. The molecule has 10 heteroatoms. The Balaban J connectivity index is 1.57. The molecule has 246 valence electrons. The van der Waals surface area contributed by atoms with Crippen LogP contribution in [0, 0.1) is 13.8 Å². The van der Waals surface area contributed by atoms with E-state index < -0.39 is 28.5 Å². The van der Waals surface area contributed by atoms with E-state index in [4.69, 9.17) is 23.2 Å². The molecule has 1 N–H and O–H groups in total. The molecule has 0 heterocycles. The first kappa shape index (κ1) is 34.5. The predicted octanol–water partition coefficient (Wildman–Crippen LogP) is 7.50. The second-order valence-electron chi connectivity index (χ2n) is 12.1. The maximum absolute atomic E-state index is 14.6. The van der Waals surface area contributed by atoms with Crippen LogP contribution in [0.3, 0.4) is 0 Å². The molecule has 5 rings (SSSR count). The lowest BCUT2D eigenvalue weighted by Crippen LogP contribution is -2.54. The van der Waals surface area contributed by atoms with Gasteiger partial charge in [0.15, 0.2) is 0 Å². The van der Waals surface area contributed by atoms with Crippen molar-refractivity contribution in [2.75, 3.05) is 10.8 Å². The quantitative estimate of drug-likeness (QED) is 0.167. The molecule has 1 saturated carbocycles. The van der Waals surface area contributed by atoms with Crippen molar-refractivity contribution in [3.05, 3.63) is 129 Å². The van der Waals surface area contributed by atoms with Crippen LogP contribution in [0.1, 0.15) is 47.9 Å².